The first-order valence-electron chi connectivity index (χ1n) is 8.59. The Morgan fingerprint density at radius 3 is 2.54 bits per heavy atom. The van der Waals surface area contributed by atoms with Crippen molar-refractivity contribution in [1.29, 1.82) is 0 Å². The van der Waals surface area contributed by atoms with Crippen LogP contribution in [0.4, 0.5) is 8.78 Å². The molecule has 0 unspecified atom stereocenters. The molecule has 2 aliphatic rings. The standard InChI is InChI=1S/C21H19ClF2O2/c1-13-8-9-20(11-14-2-4-15(22)5-3-14)18-16(23)6-7-17(24)19(18)26-12-21(20,25)10-13/h2-7,25H,1,8-12H2/t20-,21+/m1/s1. The summed E-state index contributed by atoms with van der Waals surface area (Å²) in [6.07, 6.45) is 1.79. The van der Waals surface area contributed by atoms with Gasteiger partial charge in [0.1, 0.15) is 18.0 Å². The normalized spacial score (nSPS) is 27.5. The van der Waals surface area contributed by atoms with E-state index in [1.807, 2.05) is 12.1 Å². The number of fused-ring (bicyclic) bond motifs is 3. The molecule has 4 rings (SSSR count). The minimum atomic E-state index is -1.34. The van der Waals surface area contributed by atoms with Gasteiger partial charge < -0.3 is 9.84 Å². The highest BCUT2D eigenvalue weighted by Gasteiger charge is 2.59. The predicted octanol–water partition coefficient (Wildman–Crippen LogP) is 4.96. The second-order valence-corrected chi connectivity index (χ2v) is 7.80. The van der Waals surface area contributed by atoms with Crippen LogP contribution in [0, 0.1) is 11.6 Å². The molecule has 26 heavy (non-hydrogen) atoms. The molecular weight excluding hydrogens is 358 g/mol. The van der Waals surface area contributed by atoms with Crippen LogP contribution >= 0.6 is 11.6 Å². The maximum atomic E-state index is 14.9. The molecule has 0 saturated heterocycles. The topological polar surface area (TPSA) is 29.5 Å². The highest BCUT2D eigenvalue weighted by Crippen LogP contribution is 2.56. The molecule has 2 aromatic rings. The Hall–Kier alpha value is -1.91. The van der Waals surface area contributed by atoms with E-state index in [-0.39, 0.29) is 17.9 Å². The van der Waals surface area contributed by atoms with Gasteiger partial charge in [0.2, 0.25) is 0 Å². The lowest BCUT2D eigenvalue weighted by atomic mass is 9.55. The van der Waals surface area contributed by atoms with Gasteiger partial charge in [0.15, 0.2) is 11.6 Å². The maximum absolute atomic E-state index is 14.9. The summed E-state index contributed by atoms with van der Waals surface area (Å²) in [5.41, 5.74) is -0.403. The smallest absolute Gasteiger partial charge is 0.165 e. The number of benzene rings is 2. The van der Waals surface area contributed by atoms with Crippen LogP contribution in [-0.2, 0) is 11.8 Å². The van der Waals surface area contributed by atoms with Crippen LogP contribution in [0.25, 0.3) is 0 Å². The first kappa shape index (κ1) is 17.5. The van der Waals surface area contributed by atoms with Gasteiger partial charge in [-0.2, -0.15) is 0 Å². The number of ether oxygens (including phenoxy) is 1. The molecule has 0 aromatic heterocycles. The fraction of sp³-hybridized carbons (Fsp3) is 0.333. The Labute approximate surface area is 156 Å². The Morgan fingerprint density at radius 1 is 1.12 bits per heavy atom. The highest BCUT2D eigenvalue weighted by molar-refractivity contribution is 6.30. The zero-order chi connectivity index (χ0) is 18.5. The van der Waals surface area contributed by atoms with E-state index in [9.17, 15) is 13.9 Å². The van der Waals surface area contributed by atoms with Gasteiger partial charge in [-0.1, -0.05) is 35.9 Å². The van der Waals surface area contributed by atoms with Crippen LogP contribution in [-0.4, -0.2) is 17.3 Å². The van der Waals surface area contributed by atoms with Crippen molar-refractivity contribution < 1.29 is 18.6 Å². The summed E-state index contributed by atoms with van der Waals surface area (Å²) in [5, 5.41) is 12.1. The molecule has 0 radical (unpaired) electrons. The number of halogens is 3. The molecule has 1 fully saturated rings. The molecular formula is C21H19ClF2O2. The van der Waals surface area contributed by atoms with Crippen LogP contribution in [0.2, 0.25) is 5.02 Å². The van der Waals surface area contributed by atoms with Crippen LogP contribution in [0.15, 0.2) is 48.6 Å². The lowest BCUT2D eigenvalue weighted by Gasteiger charge is -2.54. The molecule has 1 aliphatic heterocycles. The molecule has 0 bridgehead atoms. The van der Waals surface area contributed by atoms with Crippen LogP contribution in [0.3, 0.4) is 0 Å². The number of hydrogen-bond acceptors (Lipinski definition) is 2. The summed E-state index contributed by atoms with van der Waals surface area (Å²) in [6, 6.07) is 9.40. The highest BCUT2D eigenvalue weighted by atomic mass is 35.5. The average molecular weight is 377 g/mol. The van der Waals surface area contributed by atoms with Gasteiger partial charge in [0.05, 0.1) is 0 Å². The predicted molar refractivity (Wildman–Crippen MR) is 96.6 cm³/mol. The van der Waals surface area contributed by atoms with E-state index < -0.39 is 22.7 Å². The Morgan fingerprint density at radius 2 is 1.81 bits per heavy atom. The monoisotopic (exact) mass is 376 g/mol. The molecule has 0 amide bonds. The molecule has 136 valence electrons. The Balaban J connectivity index is 1.92. The van der Waals surface area contributed by atoms with E-state index >= 15 is 0 Å². The lowest BCUT2D eigenvalue weighted by molar-refractivity contribution is -0.103. The zero-order valence-electron chi connectivity index (χ0n) is 14.2. The number of rotatable bonds is 2. The molecule has 1 aliphatic carbocycles. The van der Waals surface area contributed by atoms with E-state index in [0.717, 1.165) is 23.3 Å². The minimum Gasteiger partial charge on any atom is -0.487 e. The molecule has 1 heterocycles. The van der Waals surface area contributed by atoms with E-state index in [4.69, 9.17) is 16.3 Å². The van der Waals surface area contributed by atoms with E-state index in [0.29, 0.717) is 30.7 Å². The van der Waals surface area contributed by atoms with Gasteiger partial charge >= 0.3 is 0 Å². The van der Waals surface area contributed by atoms with Gasteiger partial charge in [0, 0.05) is 22.4 Å². The second kappa shape index (κ2) is 6.07. The molecule has 1 saturated carbocycles. The van der Waals surface area contributed by atoms with Crippen molar-refractivity contribution in [1.82, 2.24) is 0 Å². The van der Waals surface area contributed by atoms with Crippen molar-refractivity contribution in [2.24, 2.45) is 0 Å². The van der Waals surface area contributed by atoms with Gasteiger partial charge in [-0.15, -0.1) is 0 Å². The number of hydrogen-bond donors (Lipinski definition) is 1. The van der Waals surface area contributed by atoms with Gasteiger partial charge in [-0.25, -0.2) is 8.78 Å². The van der Waals surface area contributed by atoms with Crippen molar-refractivity contribution in [3.05, 3.63) is 76.3 Å². The van der Waals surface area contributed by atoms with Crippen LogP contribution in [0.5, 0.6) is 5.75 Å². The van der Waals surface area contributed by atoms with E-state index in [2.05, 4.69) is 6.58 Å². The molecule has 5 heteroatoms. The minimum absolute atomic E-state index is 0.0869. The quantitative estimate of drug-likeness (QED) is 0.750. The summed E-state index contributed by atoms with van der Waals surface area (Å²) in [5.74, 6) is -1.25. The first-order chi connectivity index (χ1) is 12.3. The van der Waals surface area contributed by atoms with Crippen molar-refractivity contribution in [3.8, 4) is 5.75 Å². The molecule has 2 aromatic carbocycles. The summed E-state index contributed by atoms with van der Waals surface area (Å²) in [7, 11) is 0. The molecule has 1 N–H and O–H groups in total. The van der Waals surface area contributed by atoms with Gasteiger partial charge in [0.25, 0.3) is 0 Å². The van der Waals surface area contributed by atoms with Crippen molar-refractivity contribution in [3.63, 3.8) is 0 Å². The molecule has 2 nitrogen and oxygen atoms in total. The van der Waals surface area contributed by atoms with Crippen LogP contribution < -0.4 is 4.74 Å². The largest absolute Gasteiger partial charge is 0.487 e. The summed E-state index contributed by atoms with van der Waals surface area (Å²) >= 11 is 5.97. The third kappa shape index (κ3) is 2.55. The average Bonchev–Trinajstić information content (AvgIpc) is 2.60. The molecule has 0 spiro atoms. The zero-order valence-corrected chi connectivity index (χ0v) is 15.0. The first-order valence-corrected chi connectivity index (χ1v) is 8.97. The summed E-state index contributed by atoms with van der Waals surface area (Å²) < 4.78 is 34.8. The van der Waals surface area contributed by atoms with Crippen molar-refractivity contribution in [2.75, 3.05) is 6.61 Å². The fourth-order valence-corrected chi connectivity index (χ4v) is 4.57. The molecule has 2 atom stereocenters. The Bertz CT molecular complexity index is 880. The van der Waals surface area contributed by atoms with Crippen molar-refractivity contribution in [2.45, 2.75) is 36.7 Å². The van der Waals surface area contributed by atoms with E-state index in [1.54, 1.807) is 12.1 Å². The van der Waals surface area contributed by atoms with E-state index in [1.165, 1.54) is 0 Å². The third-order valence-electron chi connectivity index (χ3n) is 5.75. The fourth-order valence-electron chi connectivity index (χ4n) is 4.44. The number of aliphatic hydroxyl groups is 1. The second-order valence-electron chi connectivity index (χ2n) is 7.37. The summed E-state index contributed by atoms with van der Waals surface area (Å²) in [4.78, 5) is 0. The lowest BCUT2D eigenvalue weighted by Crippen LogP contribution is -2.61. The maximum Gasteiger partial charge on any atom is 0.165 e. The SMILES string of the molecule is C=C1CC[C@@]2(Cc3ccc(Cl)cc3)c3c(F)ccc(F)c3OC[C@@]2(O)C1. The summed E-state index contributed by atoms with van der Waals surface area (Å²) in [6.45, 7) is 3.90. The van der Waals surface area contributed by atoms with Crippen LogP contribution in [0.1, 0.15) is 30.4 Å². The Kier molecular flexibility index (Phi) is 4.08. The van der Waals surface area contributed by atoms with Gasteiger partial charge in [-0.05, 0) is 49.1 Å². The van der Waals surface area contributed by atoms with Crippen molar-refractivity contribution >= 4 is 11.6 Å². The van der Waals surface area contributed by atoms with Gasteiger partial charge in [-0.3, -0.25) is 0 Å². The third-order valence-corrected chi connectivity index (χ3v) is 6.00.